The van der Waals surface area contributed by atoms with E-state index >= 15 is 0 Å². The second kappa shape index (κ2) is 3.35. The molecule has 0 fully saturated rings. The zero-order valence-electron chi connectivity index (χ0n) is 6.46. The van der Waals surface area contributed by atoms with Gasteiger partial charge in [0.15, 0.2) is 0 Å². The lowest BCUT2D eigenvalue weighted by Crippen LogP contribution is -1.91. The minimum atomic E-state index is 1.05. The Kier molecular flexibility index (Phi) is 2.43. The second-order valence-corrected chi connectivity index (χ2v) is 2.75. The number of pyridine rings is 1. The molecule has 1 rings (SSSR count). The summed E-state index contributed by atoms with van der Waals surface area (Å²) in [7, 11) is 0. The summed E-state index contributed by atoms with van der Waals surface area (Å²) < 4.78 is 0. The SMILES string of the molecule is C[C](C)Cc1cccnc1. The molecular formula is C9H12N. The molecule has 0 bridgehead atoms. The van der Waals surface area contributed by atoms with E-state index in [0.717, 1.165) is 6.42 Å². The predicted molar refractivity (Wildman–Crippen MR) is 42.5 cm³/mol. The van der Waals surface area contributed by atoms with Crippen LogP contribution in [0, 0.1) is 5.92 Å². The van der Waals surface area contributed by atoms with Crippen molar-refractivity contribution in [1.29, 1.82) is 0 Å². The number of nitrogens with zero attached hydrogens (tertiary/aromatic N) is 1. The first kappa shape index (κ1) is 7.26. The van der Waals surface area contributed by atoms with Gasteiger partial charge in [-0.2, -0.15) is 0 Å². The van der Waals surface area contributed by atoms with Crippen LogP contribution in [0.3, 0.4) is 0 Å². The first-order valence-corrected chi connectivity index (χ1v) is 3.47. The Morgan fingerprint density at radius 2 is 2.30 bits per heavy atom. The Hall–Kier alpha value is -0.850. The number of hydrogen-bond donors (Lipinski definition) is 0. The van der Waals surface area contributed by atoms with Gasteiger partial charge in [0.05, 0.1) is 0 Å². The van der Waals surface area contributed by atoms with E-state index in [0.29, 0.717) is 0 Å². The summed E-state index contributed by atoms with van der Waals surface area (Å²) in [6.07, 6.45) is 4.76. The summed E-state index contributed by atoms with van der Waals surface area (Å²) in [6.45, 7) is 4.26. The highest BCUT2D eigenvalue weighted by Crippen LogP contribution is 2.06. The third kappa shape index (κ3) is 2.18. The molecule has 0 saturated heterocycles. The van der Waals surface area contributed by atoms with Gasteiger partial charge in [0.25, 0.3) is 0 Å². The van der Waals surface area contributed by atoms with Crippen molar-refractivity contribution in [3.63, 3.8) is 0 Å². The van der Waals surface area contributed by atoms with Crippen LogP contribution in [0.1, 0.15) is 19.4 Å². The molecule has 0 amide bonds. The molecule has 0 aliphatic rings. The summed E-state index contributed by atoms with van der Waals surface area (Å²) in [5.41, 5.74) is 1.29. The van der Waals surface area contributed by atoms with Crippen molar-refractivity contribution in [3.8, 4) is 0 Å². The molecule has 1 aromatic heterocycles. The quantitative estimate of drug-likeness (QED) is 0.604. The highest BCUT2D eigenvalue weighted by atomic mass is 14.6. The summed E-state index contributed by atoms with van der Waals surface area (Å²) >= 11 is 0. The number of hydrogen-bond acceptors (Lipinski definition) is 1. The van der Waals surface area contributed by atoms with Crippen molar-refractivity contribution in [2.75, 3.05) is 0 Å². The van der Waals surface area contributed by atoms with Crippen LogP contribution >= 0.6 is 0 Å². The Balaban J connectivity index is 2.59. The molecule has 0 aliphatic carbocycles. The van der Waals surface area contributed by atoms with Crippen LogP contribution in [0.5, 0.6) is 0 Å². The van der Waals surface area contributed by atoms with Gasteiger partial charge in [0.1, 0.15) is 0 Å². The normalized spacial score (nSPS) is 10.3. The second-order valence-electron chi connectivity index (χ2n) is 2.75. The average molecular weight is 134 g/mol. The van der Waals surface area contributed by atoms with Gasteiger partial charge >= 0.3 is 0 Å². The maximum atomic E-state index is 4.02. The Labute approximate surface area is 62.1 Å². The van der Waals surface area contributed by atoms with E-state index < -0.39 is 0 Å². The molecule has 0 aromatic carbocycles. The molecule has 10 heavy (non-hydrogen) atoms. The standard InChI is InChI=1S/C9H12N/c1-8(2)6-9-4-3-5-10-7-9/h3-5,7H,6H2,1-2H3. The monoisotopic (exact) mass is 134 g/mol. The Morgan fingerprint density at radius 3 is 2.80 bits per heavy atom. The van der Waals surface area contributed by atoms with E-state index in [1.54, 1.807) is 6.20 Å². The molecule has 1 heterocycles. The minimum absolute atomic E-state index is 1.05. The molecule has 0 N–H and O–H groups in total. The van der Waals surface area contributed by atoms with Gasteiger partial charge in [-0.3, -0.25) is 4.98 Å². The van der Waals surface area contributed by atoms with Crippen LogP contribution in [0.4, 0.5) is 0 Å². The van der Waals surface area contributed by atoms with Gasteiger partial charge in [0.2, 0.25) is 0 Å². The van der Waals surface area contributed by atoms with Crippen LogP contribution < -0.4 is 0 Å². The van der Waals surface area contributed by atoms with Crippen LogP contribution in [0.2, 0.25) is 0 Å². The van der Waals surface area contributed by atoms with Crippen LogP contribution in [0.25, 0.3) is 0 Å². The summed E-state index contributed by atoms with van der Waals surface area (Å²) in [5.74, 6) is 1.42. The number of rotatable bonds is 2. The fourth-order valence-electron chi connectivity index (χ4n) is 0.911. The third-order valence-electron chi connectivity index (χ3n) is 1.28. The van der Waals surface area contributed by atoms with E-state index in [1.165, 1.54) is 11.5 Å². The highest BCUT2D eigenvalue weighted by Gasteiger charge is 1.95. The van der Waals surface area contributed by atoms with E-state index in [9.17, 15) is 0 Å². The maximum Gasteiger partial charge on any atom is 0.0300 e. The van der Waals surface area contributed by atoms with Crippen molar-refractivity contribution in [2.45, 2.75) is 20.3 Å². The van der Waals surface area contributed by atoms with Gasteiger partial charge in [-0.15, -0.1) is 0 Å². The van der Waals surface area contributed by atoms with E-state index in [4.69, 9.17) is 0 Å². The van der Waals surface area contributed by atoms with Gasteiger partial charge < -0.3 is 0 Å². The van der Waals surface area contributed by atoms with Gasteiger partial charge in [-0.1, -0.05) is 19.9 Å². The lowest BCUT2D eigenvalue weighted by Gasteiger charge is -2.01. The topological polar surface area (TPSA) is 12.9 Å². The molecule has 0 unspecified atom stereocenters. The molecule has 1 aromatic rings. The zero-order valence-corrected chi connectivity index (χ0v) is 6.46. The Bertz CT molecular complexity index is 179. The van der Waals surface area contributed by atoms with Crippen molar-refractivity contribution >= 4 is 0 Å². The molecule has 1 nitrogen and oxygen atoms in total. The lowest BCUT2D eigenvalue weighted by molar-refractivity contribution is 0.948. The van der Waals surface area contributed by atoms with Gasteiger partial charge in [-0.05, 0) is 24.0 Å². The van der Waals surface area contributed by atoms with Crippen molar-refractivity contribution < 1.29 is 0 Å². The van der Waals surface area contributed by atoms with Gasteiger partial charge in [-0.25, -0.2) is 0 Å². The van der Waals surface area contributed by atoms with Crippen LogP contribution in [-0.4, -0.2) is 4.98 Å². The third-order valence-corrected chi connectivity index (χ3v) is 1.28. The van der Waals surface area contributed by atoms with Crippen LogP contribution in [-0.2, 0) is 6.42 Å². The molecule has 0 spiro atoms. The van der Waals surface area contributed by atoms with Crippen molar-refractivity contribution in [3.05, 3.63) is 36.0 Å². The largest absolute Gasteiger partial charge is 0.264 e. The molecular weight excluding hydrogens is 122 g/mol. The fraction of sp³-hybridized carbons (Fsp3) is 0.333. The zero-order chi connectivity index (χ0) is 7.40. The molecule has 53 valence electrons. The van der Waals surface area contributed by atoms with Crippen LogP contribution in [0.15, 0.2) is 24.5 Å². The fourth-order valence-corrected chi connectivity index (χ4v) is 0.911. The molecule has 1 heteroatoms. The van der Waals surface area contributed by atoms with Crippen molar-refractivity contribution in [1.82, 2.24) is 4.98 Å². The van der Waals surface area contributed by atoms with E-state index in [1.807, 2.05) is 12.3 Å². The van der Waals surface area contributed by atoms with Gasteiger partial charge in [0, 0.05) is 12.4 Å². The van der Waals surface area contributed by atoms with Crippen molar-refractivity contribution in [2.24, 2.45) is 0 Å². The smallest absolute Gasteiger partial charge is 0.0300 e. The molecule has 0 atom stereocenters. The molecule has 0 saturated carbocycles. The highest BCUT2D eigenvalue weighted by molar-refractivity contribution is 5.12. The summed E-state index contributed by atoms with van der Waals surface area (Å²) in [6, 6.07) is 4.07. The maximum absolute atomic E-state index is 4.02. The summed E-state index contributed by atoms with van der Waals surface area (Å²) in [4.78, 5) is 4.02. The first-order valence-electron chi connectivity index (χ1n) is 3.47. The summed E-state index contributed by atoms with van der Waals surface area (Å²) in [5, 5.41) is 0. The first-order chi connectivity index (χ1) is 4.79. The Morgan fingerprint density at radius 1 is 1.50 bits per heavy atom. The molecule has 0 aliphatic heterocycles. The predicted octanol–water partition coefficient (Wildman–Crippen LogP) is 2.24. The average Bonchev–Trinajstić information content (AvgIpc) is 1.88. The van der Waals surface area contributed by atoms with E-state index in [2.05, 4.69) is 24.9 Å². The molecule has 1 radical (unpaired) electrons. The lowest BCUT2D eigenvalue weighted by atomic mass is 10.1. The van der Waals surface area contributed by atoms with E-state index in [-0.39, 0.29) is 0 Å². The minimum Gasteiger partial charge on any atom is -0.264 e. The number of aromatic nitrogens is 1.